The summed E-state index contributed by atoms with van der Waals surface area (Å²) in [4.78, 5) is 15.9. The van der Waals surface area contributed by atoms with Crippen molar-refractivity contribution in [3.05, 3.63) is 36.7 Å². The van der Waals surface area contributed by atoms with Crippen LogP contribution in [0.15, 0.2) is 30.9 Å². The number of imidazole rings is 1. The Morgan fingerprint density at radius 2 is 2.33 bits per heavy atom. The number of hydrogen-bond donors (Lipinski definition) is 1. The molecule has 1 N–H and O–H groups in total. The van der Waals surface area contributed by atoms with Gasteiger partial charge < -0.3 is 9.88 Å². The number of carbonyl (C=O) groups excluding carboxylic acids is 1. The highest BCUT2D eigenvalue weighted by molar-refractivity contribution is 6.00. The van der Waals surface area contributed by atoms with Crippen molar-refractivity contribution in [1.29, 1.82) is 0 Å². The fraction of sp³-hybridized carbons (Fsp3) is 0.286. The third-order valence-corrected chi connectivity index (χ3v) is 3.31. The van der Waals surface area contributed by atoms with Crippen LogP contribution in [0, 0.1) is 0 Å². The number of hydrogen-bond acceptors (Lipinski definition) is 2. The van der Waals surface area contributed by atoms with E-state index in [9.17, 15) is 4.79 Å². The summed E-state index contributed by atoms with van der Waals surface area (Å²) in [7, 11) is 2.05. The van der Waals surface area contributed by atoms with E-state index in [0.29, 0.717) is 5.92 Å². The summed E-state index contributed by atoms with van der Waals surface area (Å²) in [5, 5.41) is 2.75. The van der Waals surface area contributed by atoms with Crippen molar-refractivity contribution in [1.82, 2.24) is 9.55 Å². The first kappa shape index (κ1) is 11.0. The van der Waals surface area contributed by atoms with E-state index in [4.69, 9.17) is 0 Å². The number of nitrogens with one attached hydrogen (secondary N) is 1. The molecule has 1 aliphatic rings. The summed E-state index contributed by atoms with van der Waals surface area (Å²) in [5.74, 6) is 1.57. The lowest BCUT2D eigenvalue weighted by Crippen LogP contribution is -2.06. The molecular weight excluding hydrogens is 226 g/mol. The molecule has 0 spiro atoms. The number of aromatic nitrogens is 2. The fourth-order valence-electron chi connectivity index (χ4n) is 2.20. The van der Waals surface area contributed by atoms with Crippen LogP contribution in [-0.2, 0) is 11.8 Å². The Morgan fingerprint density at radius 1 is 1.56 bits per heavy atom. The van der Waals surface area contributed by atoms with Crippen LogP contribution >= 0.6 is 0 Å². The molecule has 0 unspecified atom stereocenters. The molecule has 4 nitrogen and oxygen atoms in total. The Balaban J connectivity index is 2.01. The molecule has 2 aromatic rings. The van der Waals surface area contributed by atoms with Crippen LogP contribution in [0.25, 0.3) is 11.0 Å². The maximum Gasteiger partial charge on any atom is 0.247 e. The van der Waals surface area contributed by atoms with Gasteiger partial charge in [0.15, 0.2) is 0 Å². The van der Waals surface area contributed by atoms with Crippen LogP contribution in [0.4, 0.5) is 5.69 Å². The van der Waals surface area contributed by atoms with Gasteiger partial charge in [0.2, 0.25) is 5.91 Å². The minimum atomic E-state index is -0.201. The first-order valence-corrected chi connectivity index (χ1v) is 6.09. The van der Waals surface area contributed by atoms with E-state index in [-0.39, 0.29) is 5.91 Å². The van der Waals surface area contributed by atoms with E-state index in [1.807, 2.05) is 25.2 Å². The van der Waals surface area contributed by atoms with Crippen molar-refractivity contribution < 1.29 is 4.79 Å². The van der Waals surface area contributed by atoms with E-state index in [2.05, 4.69) is 21.4 Å². The van der Waals surface area contributed by atoms with E-state index >= 15 is 0 Å². The lowest BCUT2D eigenvalue weighted by Gasteiger charge is -2.02. The van der Waals surface area contributed by atoms with Crippen LogP contribution in [-0.4, -0.2) is 15.5 Å². The molecule has 3 rings (SSSR count). The summed E-state index contributed by atoms with van der Waals surface area (Å²) >= 11 is 0. The van der Waals surface area contributed by atoms with Gasteiger partial charge >= 0.3 is 0 Å². The minimum absolute atomic E-state index is 0.201. The predicted molar refractivity (Wildman–Crippen MR) is 71.5 cm³/mol. The number of fused-ring (bicyclic) bond motifs is 1. The number of amides is 1. The summed E-state index contributed by atoms with van der Waals surface area (Å²) in [5.41, 5.74) is 2.79. The zero-order valence-corrected chi connectivity index (χ0v) is 10.3. The highest BCUT2D eigenvalue weighted by Gasteiger charge is 2.28. The van der Waals surface area contributed by atoms with Crippen LogP contribution < -0.4 is 5.32 Å². The lowest BCUT2D eigenvalue weighted by molar-refractivity contribution is -0.111. The first-order chi connectivity index (χ1) is 8.69. The number of carbonyl (C=O) groups is 1. The quantitative estimate of drug-likeness (QED) is 0.839. The number of nitrogens with zero attached hydrogens (tertiary/aromatic N) is 2. The molecule has 0 saturated heterocycles. The molecule has 1 heterocycles. The van der Waals surface area contributed by atoms with Crippen molar-refractivity contribution in [2.24, 2.45) is 7.05 Å². The molecule has 4 heteroatoms. The smallest absolute Gasteiger partial charge is 0.247 e. The molecule has 0 aliphatic heterocycles. The zero-order valence-electron chi connectivity index (χ0n) is 10.3. The molecule has 1 aliphatic carbocycles. The first-order valence-electron chi connectivity index (χ1n) is 6.09. The van der Waals surface area contributed by atoms with Crippen LogP contribution in [0.3, 0.4) is 0 Å². The van der Waals surface area contributed by atoms with Gasteiger partial charge in [-0.1, -0.05) is 6.58 Å². The monoisotopic (exact) mass is 241 g/mol. The van der Waals surface area contributed by atoms with Gasteiger partial charge in [0, 0.05) is 18.7 Å². The number of benzene rings is 1. The number of aryl methyl sites for hydroxylation is 1. The molecule has 0 atom stereocenters. The lowest BCUT2D eigenvalue weighted by atomic mass is 10.2. The third kappa shape index (κ3) is 1.79. The molecular formula is C14H15N3O. The van der Waals surface area contributed by atoms with Gasteiger partial charge in [-0.2, -0.15) is 0 Å². The zero-order chi connectivity index (χ0) is 12.7. The number of anilines is 1. The van der Waals surface area contributed by atoms with Gasteiger partial charge in [0.05, 0.1) is 11.0 Å². The Bertz CT molecular complexity index is 638. The normalized spacial score (nSPS) is 14.7. The van der Waals surface area contributed by atoms with Crippen LogP contribution in [0.2, 0.25) is 0 Å². The SMILES string of the molecule is C=CC(=O)Nc1ccc2c(c1)nc(C1CC1)n2C. The largest absolute Gasteiger partial charge is 0.331 e. The van der Waals surface area contributed by atoms with E-state index in [1.54, 1.807) is 0 Å². The average Bonchev–Trinajstić information content (AvgIpc) is 3.15. The van der Waals surface area contributed by atoms with Crippen molar-refractivity contribution in [2.75, 3.05) is 5.32 Å². The van der Waals surface area contributed by atoms with Crippen molar-refractivity contribution >= 4 is 22.6 Å². The maximum absolute atomic E-state index is 11.3. The molecule has 0 radical (unpaired) electrons. The standard InChI is InChI=1S/C14H15N3O/c1-3-13(18)15-10-6-7-12-11(8-10)16-14(17(12)2)9-4-5-9/h3,6-9H,1,4-5H2,2H3,(H,15,18). The van der Waals surface area contributed by atoms with Gasteiger partial charge in [0.1, 0.15) is 5.82 Å². The van der Waals surface area contributed by atoms with E-state index < -0.39 is 0 Å². The molecule has 0 bridgehead atoms. The molecule has 1 amide bonds. The number of rotatable bonds is 3. The molecule has 1 saturated carbocycles. The second kappa shape index (κ2) is 3.98. The van der Waals surface area contributed by atoms with Gasteiger partial charge in [-0.3, -0.25) is 4.79 Å². The molecule has 1 aromatic heterocycles. The third-order valence-electron chi connectivity index (χ3n) is 3.31. The highest BCUT2D eigenvalue weighted by Crippen LogP contribution is 2.40. The van der Waals surface area contributed by atoms with Crippen molar-refractivity contribution in [2.45, 2.75) is 18.8 Å². The minimum Gasteiger partial charge on any atom is -0.331 e. The Kier molecular flexibility index (Phi) is 2.44. The fourth-order valence-corrected chi connectivity index (χ4v) is 2.20. The summed E-state index contributed by atoms with van der Waals surface area (Å²) in [6.45, 7) is 3.44. The van der Waals surface area contributed by atoms with Gasteiger partial charge in [-0.15, -0.1) is 0 Å². The van der Waals surface area contributed by atoms with Crippen LogP contribution in [0.1, 0.15) is 24.6 Å². The second-order valence-corrected chi connectivity index (χ2v) is 4.70. The topological polar surface area (TPSA) is 46.9 Å². The van der Waals surface area contributed by atoms with E-state index in [1.165, 1.54) is 18.9 Å². The molecule has 92 valence electrons. The van der Waals surface area contributed by atoms with Gasteiger partial charge in [0.25, 0.3) is 0 Å². The molecule has 1 aromatic carbocycles. The Morgan fingerprint density at radius 3 is 3.00 bits per heavy atom. The summed E-state index contributed by atoms with van der Waals surface area (Å²) in [6, 6.07) is 5.79. The average molecular weight is 241 g/mol. The maximum atomic E-state index is 11.3. The second-order valence-electron chi connectivity index (χ2n) is 4.70. The predicted octanol–water partition coefficient (Wildman–Crippen LogP) is 2.58. The van der Waals surface area contributed by atoms with Crippen LogP contribution in [0.5, 0.6) is 0 Å². The molecule has 1 fully saturated rings. The summed E-state index contributed by atoms with van der Waals surface area (Å²) < 4.78 is 2.14. The van der Waals surface area contributed by atoms with Gasteiger partial charge in [-0.05, 0) is 37.1 Å². The van der Waals surface area contributed by atoms with E-state index in [0.717, 1.165) is 22.5 Å². The molecule has 18 heavy (non-hydrogen) atoms. The van der Waals surface area contributed by atoms with Crippen molar-refractivity contribution in [3.63, 3.8) is 0 Å². The van der Waals surface area contributed by atoms with Gasteiger partial charge in [-0.25, -0.2) is 4.98 Å². The highest BCUT2D eigenvalue weighted by atomic mass is 16.1. The summed E-state index contributed by atoms with van der Waals surface area (Å²) in [6.07, 6.45) is 3.73. The Labute approximate surface area is 105 Å². The Hall–Kier alpha value is -2.10. The van der Waals surface area contributed by atoms with Crippen molar-refractivity contribution in [3.8, 4) is 0 Å².